The fourth-order valence-electron chi connectivity index (χ4n) is 4.87. The van der Waals surface area contributed by atoms with Crippen LogP contribution in [0, 0.1) is 11.3 Å². The minimum Gasteiger partial charge on any atom is -0.329 e. The molecule has 2 nitrogen and oxygen atoms in total. The van der Waals surface area contributed by atoms with Gasteiger partial charge in [0.15, 0.2) is 0 Å². The monoisotopic (exact) mass is 280 g/mol. The summed E-state index contributed by atoms with van der Waals surface area (Å²) in [7, 11) is 0. The summed E-state index contributed by atoms with van der Waals surface area (Å²) in [5.74, 6) is 0.969. The van der Waals surface area contributed by atoms with Crippen LogP contribution >= 0.6 is 0 Å². The number of hydrogen-bond donors (Lipinski definition) is 1. The Morgan fingerprint density at radius 3 is 2.55 bits per heavy atom. The smallest absolute Gasteiger partial charge is 0.0336 e. The van der Waals surface area contributed by atoms with Crippen molar-refractivity contribution in [2.24, 2.45) is 17.1 Å². The number of nitrogens with two attached hydrogens (primary N) is 1. The Labute approximate surface area is 126 Å². The highest BCUT2D eigenvalue weighted by Crippen LogP contribution is 2.44. The molecule has 20 heavy (non-hydrogen) atoms. The molecule has 2 rings (SSSR count). The molecule has 1 aliphatic heterocycles. The van der Waals surface area contributed by atoms with Crippen molar-refractivity contribution < 1.29 is 0 Å². The second-order valence-corrected chi connectivity index (χ2v) is 8.20. The Morgan fingerprint density at radius 2 is 1.90 bits per heavy atom. The van der Waals surface area contributed by atoms with E-state index in [1.54, 1.807) is 0 Å². The van der Waals surface area contributed by atoms with Gasteiger partial charge in [-0.05, 0) is 62.9 Å². The van der Waals surface area contributed by atoms with Gasteiger partial charge in [-0.15, -0.1) is 0 Å². The van der Waals surface area contributed by atoms with E-state index in [4.69, 9.17) is 5.73 Å². The molecule has 0 spiro atoms. The van der Waals surface area contributed by atoms with Gasteiger partial charge >= 0.3 is 0 Å². The number of likely N-dealkylation sites (tertiary alicyclic amines) is 1. The van der Waals surface area contributed by atoms with E-state index >= 15 is 0 Å². The first-order valence-electron chi connectivity index (χ1n) is 8.96. The van der Waals surface area contributed by atoms with Crippen LogP contribution in [-0.2, 0) is 0 Å². The van der Waals surface area contributed by atoms with Gasteiger partial charge in [0.05, 0.1) is 0 Å². The van der Waals surface area contributed by atoms with E-state index < -0.39 is 0 Å². The molecule has 1 saturated heterocycles. The van der Waals surface area contributed by atoms with Gasteiger partial charge in [0.25, 0.3) is 0 Å². The Bertz CT molecular complexity index is 300. The van der Waals surface area contributed by atoms with Crippen molar-refractivity contribution in [2.45, 2.75) is 84.1 Å². The number of hydrogen-bond acceptors (Lipinski definition) is 2. The van der Waals surface area contributed by atoms with Crippen molar-refractivity contribution in [1.29, 1.82) is 0 Å². The molecule has 0 bridgehead atoms. The Morgan fingerprint density at radius 1 is 1.10 bits per heavy atom. The van der Waals surface area contributed by atoms with Crippen LogP contribution in [0.25, 0.3) is 0 Å². The molecular formula is C18H36N2. The maximum Gasteiger partial charge on any atom is 0.0336 e. The summed E-state index contributed by atoms with van der Waals surface area (Å²) in [6, 6.07) is 0. The highest BCUT2D eigenvalue weighted by Gasteiger charge is 2.43. The summed E-state index contributed by atoms with van der Waals surface area (Å²) in [5.41, 5.74) is 7.08. The summed E-state index contributed by atoms with van der Waals surface area (Å²) in [6.07, 6.45) is 12.4. The minimum absolute atomic E-state index is 0.308. The van der Waals surface area contributed by atoms with Crippen LogP contribution in [0.15, 0.2) is 0 Å². The fourth-order valence-corrected chi connectivity index (χ4v) is 4.87. The SMILES string of the molecule is CCCC1CCCN(C2(CN)CCCC(C)(C)C2)CC1. The summed E-state index contributed by atoms with van der Waals surface area (Å²) in [5, 5.41) is 0. The second-order valence-electron chi connectivity index (χ2n) is 8.20. The normalized spacial score (nSPS) is 35.7. The van der Waals surface area contributed by atoms with Gasteiger partial charge in [0.2, 0.25) is 0 Å². The van der Waals surface area contributed by atoms with Gasteiger partial charge in [-0.1, -0.05) is 40.0 Å². The molecule has 0 aromatic carbocycles. The molecule has 2 heteroatoms. The molecule has 2 fully saturated rings. The highest BCUT2D eigenvalue weighted by atomic mass is 15.2. The third kappa shape index (κ3) is 3.76. The largest absolute Gasteiger partial charge is 0.329 e. The lowest BCUT2D eigenvalue weighted by atomic mass is 9.67. The van der Waals surface area contributed by atoms with Crippen LogP contribution in [0.3, 0.4) is 0 Å². The molecule has 0 amide bonds. The van der Waals surface area contributed by atoms with Crippen LogP contribution < -0.4 is 5.73 Å². The molecule has 1 aliphatic carbocycles. The lowest BCUT2D eigenvalue weighted by Crippen LogP contribution is -2.58. The molecule has 118 valence electrons. The van der Waals surface area contributed by atoms with E-state index in [0.717, 1.165) is 12.5 Å². The van der Waals surface area contributed by atoms with E-state index in [-0.39, 0.29) is 0 Å². The maximum absolute atomic E-state index is 6.29. The third-order valence-electron chi connectivity index (χ3n) is 5.90. The van der Waals surface area contributed by atoms with Crippen LogP contribution in [0.1, 0.15) is 78.6 Å². The zero-order valence-electron chi connectivity index (χ0n) is 14.1. The topological polar surface area (TPSA) is 29.3 Å². The standard InChI is InChI=1S/C18H36N2/c1-4-7-16-8-5-12-20(13-9-16)18(15-19)11-6-10-17(2,3)14-18/h16H,4-15,19H2,1-3H3. The molecule has 0 aromatic heterocycles. The first-order chi connectivity index (χ1) is 9.51. The Hall–Kier alpha value is -0.0800. The van der Waals surface area contributed by atoms with Crippen molar-refractivity contribution in [3.63, 3.8) is 0 Å². The van der Waals surface area contributed by atoms with Gasteiger partial charge < -0.3 is 5.73 Å². The Balaban J connectivity index is 2.03. The zero-order chi connectivity index (χ0) is 14.6. The zero-order valence-corrected chi connectivity index (χ0v) is 14.1. The molecule has 1 heterocycles. The van der Waals surface area contributed by atoms with E-state index in [1.165, 1.54) is 70.9 Å². The predicted molar refractivity (Wildman–Crippen MR) is 87.9 cm³/mol. The molecule has 2 aliphatic rings. The second kappa shape index (κ2) is 6.79. The minimum atomic E-state index is 0.308. The van der Waals surface area contributed by atoms with E-state index in [0.29, 0.717) is 11.0 Å². The number of rotatable bonds is 4. The van der Waals surface area contributed by atoms with E-state index in [9.17, 15) is 0 Å². The average molecular weight is 280 g/mol. The summed E-state index contributed by atoms with van der Waals surface area (Å²) in [4.78, 5) is 2.80. The Kier molecular flexibility index (Phi) is 5.53. The quantitative estimate of drug-likeness (QED) is 0.837. The van der Waals surface area contributed by atoms with Gasteiger partial charge in [0, 0.05) is 12.1 Å². The van der Waals surface area contributed by atoms with Crippen molar-refractivity contribution in [1.82, 2.24) is 4.90 Å². The first-order valence-corrected chi connectivity index (χ1v) is 8.96. The van der Waals surface area contributed by atoms with Crippen LogP contribution in [0.2, 0.25) is 0 Å². The fraction of sp³-hybridized carbons (Fsp3) is 1.00. The molecular weight excluding hydrogens is 244 g/mol. The lowest BCUT2D eigenvalue weighted by Gasteiger charge is -2.51. The van der Waals surface area contributed by atoms with Crippen molar-refractivity contribution in [3.05, 3.63) is 0 Å². The summed E-state index contributed by atoms with van der Waals surface area (Å²) >= 11 is 0. The van der Waals surface area contributed by atoms with Crippen molar-refractivity contribution in [2.75, 3.05) is 19.6 Å². The van der Waals surface area contributed by atoms with Crippen LogP contribution in [-0.4, -0.2) is 30.1 Å². The van der Waals surface area contributed by atoms with Crippen molar-refractivity contribution in [3.8, 4) is 0 Å². The highest BCUT2D eigenvalue weighted by molar-refractivity contribution is 5.00. The first kappa shape index (κ1) is 16.3. The van der Waals surface area contributed by atoms with E-state index in [2.05, 4.69) is 25.7 Å². The summed E-state index contributed by atoms with van der Waals surface area (Å²) in [6.45, 7) is 10.6. The predicted octanol–water partition coefficient (Wildman–Crippen LogP) is 4.19. The van der Waals surface area contributed by atoms with Crippen LogP contribution in [0.4, 0.5) is 0 Å². The molecule has 2 N–H and O–H groups in total. The molecule has 0 radical (unpaired) electrons. The van der Waals surface area contributed by atoms with E-state index in [1.807, 2.05) is 0 Å². The molecule has 0 aromatic rings. The van der Waals surface area contributed by atoms with Crippen molar-refractivity contribution >= 4 is 0 Å². The summed E-state index contributed by atoms with van der Waals surface area (Å²) < 4.78 is 0. The molecule has 2 unspecified atom stereocenters. The van der Waals surface area contributed by atoms with Gasteiger partial charge in [0.1, 0.15) is 0 Å². The molecule has 2 atom stereocenters. The van der Waals surface area contributed by atoms with Gasteiger partial charge in [-0.25, -0.2) is 0 Å². The lowest BCUT2D eigenvalue weighted by molar-refractivity contribution is 0.0112. The molecule has 1 saturated carbocycles. The van der Waals surface area contributed by atoms with Gasteiger partial charge in [-0.3, -0.25) is 4.90 Å². The van der Waals surface area contributed by atoms with Crippen LogP contribution in [0.5, 0.6) is 0 Å². The third-order valence-corrected chi connectivity index (χ3v) is 5.90. The van der Waals surface area contributed by atoms with Gasteiger partial charge in [-0.2, -0.15) is 0 Å². The maximum atomic E-state index is 6.29. The average Bonchev–Trinajstić information content (AvgIpc) is 2.64. The number of nitrogens with zero attached hydrogens (tertiary/aromatic N) is 1.